The number of aliphatic hydroxyl groups excluding tert-OH is 1. The first-order valence-electron chi connectivity index (χ1n) is 5.45. The van der Waals surface area contributed by atoms with Crippen LogP contribution in [0, 0.1) is 0 Å². The predicted octanol–water partition coefficient (Wildman–Crippen LogP) is 1.40. The highest BCUT2D eigenvalue weighted by atomic mass is 16.4. The van der Waals surface area contributed by atoms with Gasteiger partial charge in [0.2, 0.25) is 0 Å². The predicted molar refractivity (Wildman–Crippen MR) is 60.5 cm³/mol. The number of carboxylic acid groups (broad SMARTS) is 1. The van der Waals surface area contributed by atoms with E-state index in [1.807, 2.05) is 12.1 Å². The summed E-state index contributed by atoms with van der Waals surface area (Å²) in [6.07, 6.45) is 0.812. The standard InChI is InChI=1S/C12H15NO3/c14-11(12(15)16)9-5-1-2-6-10(9)13-7-3-4-8-13/h1-2,5-6,11,14H,3-4,7-8H2,(H,15,16). The number of hydrogen-bond donors (Lipinski definition) is 2. The van der Waals surface area contributed by atoms with E-state index >= 15 is 0 Å². The fourth-order valence-corrected chi connectivity index (χ4v) is 2.10. The molecule has 86 valence electrons. The van der Waals surface area contributed by atoms with Gasteiger partial charge in [-0.15, -0.1) is 0 Å². The molecule has 0 spiro atoms. The normalized spacial score (nSPS) is 17.4. The lowest BCUT2D eigenvalue weighted by atomic mass is 10.1. The third kappa shape index (κ3) is 2.02. The van der Waals surface area contributed by atoms with Gasteiger partial charge in [-0.1, -0.05) is 18.2 Å². The minimum Gasteiger partial charge on any atom is -0.479 e. The van der Waals surface area contributed by atoms with Gasteiger partial charge in [0, 0.05) is 24.3 Å². The van der Waals surface area contributed by atoms with Gasteiger partial charge in [-0.05, 0) is 18.9 Å². The molecule has 1 heterocycles. The molecule has 1 unspecified atom stereocenters. The van der Waals surface area contributed by atoms with Gasteiger partial charge in [0.25, 0.3) is 0 Å². The number of anilines is 1. The molecule has 0 amide bonds. The van der Waals surface area contributed by atoms with Gasteiger partial charge in [0.15, 0.2) is 6.10 Å². The summed E-state index contributed by atoms with van der Waals surface area (Å²) in [7, 11) is 0. The number of aliphatic hydroxyl groups is 1. The molecule has 0 saturated carbocycles. The molecule has 0 aromatic heterocycles. The lowest BCUT2D eigenvalue weighted by Gasteiger charge is -2.22. The number of carbonyl (C=O) groups is 1. The number of carboxylic acids is 1. The van der Waals surface area contributed by atoms with Crippen LogP contribution < -0.4 is 4.90 Å². The van der Waals surface area contributed by atoms with Crippen molar-refractivity contribution in [1.82, 2.24) is 0 Å². The highest BCUT2D eigenvalue weighted by Gasteiger charge is 2.23. The van der Waals surface area contributed by atoms with Crippen molar-refractivity contribution in [2.45, 2.75) is 18.9 Å². The van der Waals surface area contributed by atoms with Gasteiger partial charge >= 0.3 is 5.97 Å². The van der Waals surface area contributed by atoms with Crippen LogP contribution >= 0.6 is 0 Å². The zero-order valence-corrected chi connectivity index (χ0v) is 8.97. The van der Waals surface area contributed by atoms with E-state index in [2.05, 4.69) is 4.90 Å². The Labute approximate surface area is 94.1 Å². The Morgan fingerprint density at radius 2 is 1.88 bits per heavy atom. The van der Waals surface area contributed by atoms with Crippen molar-refractivity contribution in [1.29, 1.82) is 0 Å². The van der Waals surface area contributed by atoms with E-state index in [1.54, 1.807) is 12.1 Å². The summed E-state index contributed by atoms with van der Waals surface area (Å²) in [5, 5.41) is 18.4. The number of para-hydroxylation sites is 1. The maximum atomic E-state index is 10.8. The Bertz CT molecular complexity index is 386. The van der Waals surface area contributed by atoms with Crippen molar-refractivity contribution >= 4 is 11.7 Å². The van der Waals surface area contributed by atoms with Crippen molar-refractivity contribution in [2.75, 3.05) is 18.0 Å². The van der Waals surface area contributed by atoms with Gasteiger partial charge in [0.05, 0.1) is 0 Å². The lowest BCUT2D eigenvalue weighted by molar-refractivity contribution is -0.146. The average Bonchev–Trinajstić information content (AvgIpc) is 2.81. The van der Waals surface area contributed by atoms with Gasteiger partial charge < -0.3 is 15.1 Å². The SMILES string of the molecule is O=C(O)C(O)c1ccccc1N1CCCC1. The maximum Gasteiger partial charge on any atom is 0.337 e. The molecule has 1 aromatic rings. The second-order valence-corrected chi connectivity index (χ2v) is 3.99. The molecule has 0 aliphatic carbocycles. The van der Waals surface area contributed by atoms with Crippen molar-refractivity contribution in [2.24, 2.45) is 0 Å². The van der Waals surface area contributed by atoms with Crippen LogP contribution in [-0.2, 0) is 4.79 Å². The van der Waals surface area contributed by atoms with Crippen molar-refractivity contribution in [3.8, 4) is 0 Å². The van der Waals surface area contributed by atoms with Crippen molar-refractivity contribution in [3.05, 3.63) is 29.8 Å². The number of benzene rings is 1. The van der Waals surface area contributed by atoms with E-state index in [1.165, 1.54) is 0 Å². The fourth-order valence-electron chi connectivity index (χ4n) is 2.10. The molecule has 1 aliphatic rings. The number of aliphatic carboxylic acids is 1. The molecule has 1 aliphatic heterocycles. The summed E-state index contributed by atoms with van der Waals surface area (Å²) in [4.78, 5) is 12.9. The molecule has 1 aromatic carbocycles. The summed E-state index contributed by atoms with van der Waals surface area (Å²) >= 11 is 0. The molecule has 1 saturated heterocycles. The summed E-state index contributed by atoms with van der Waals surface area (Å²) in [6.45, 7) is 1.87. The monoisotopic (exact) mass is 221 g/mol. The fraction of sp³-hybridized carbons (Fsp3) is 0.417. The van der Waals surface area contributed by atoms with Crippen LogP contribution in [-0.4, -0.2) is 29.3 Å². The molecule has 2 N–H and O–H groups in total. The first-order chi connectivity index (χ1) is 7.70. The average molecular weight is 221 g/mol. The molecule has 16 heavy (non-hydrogen) atoms. The quantitative estimate of drug-likeness (QED) is 0.810. The summed E-state index contributed by atoms with van der Waals surface area (Å²) in [5.74, 6) is -1.20. The Hall–Kier alpha value is -1.55. The smallest absolute Gasteiger partial charge is 0.337 e. The minimum absolute atomic E-state index is 0.483. The van der Waals surface area contributed by atoms with E-state index in [0.717, 1.165) is 31.6 Å². The number of rotatable bonds is 3. The van der Waals surface area contributed by atoms with Crippen LogP contribution in [0.2, 0.25) is 0 Å². The summed E-state index contributed by atoms with van der Waals surface area (Å²) < 4.78 is 0. The number of nitrogens with zero attached hydrogens (tertiary/aromatic N) is 1. The van der Waals surface area contributed by atoms with Gasteiger partial charge in [-0.2, -0.15) is 0 Å². The van der Waals surface area contributed by atoms with Crippen LogP contribution in [0.3, 0.4) is 0 Å². The van der Waals surface area contributed by atoms with Crippen LogP contribution in [0.4, 0.5) is 5.69 Å². The third-order valence-corrected chi connectivity index (χ3v) is 2.91. The van der Waals surface area contributed by atoms with Crippen LogP contribution in [0.15, 0.2) is 24.3 Å². The summed E-state index contributed by atoms with van der Waals surface area (Å²) in [5.41, 5.74) is 1.33. The van der Waals surface area contributed by atoms with Gasteiger partial charge in [0.1, 0.15) is 0 Å². The van der Waals surface area contributed by atoms with E-state index in [-0.39, 0.29) is 0 Å². The second kappa shape index (κ2) is 4.53. The second-order valence-electron chi connectivity index (χ2n) is 3.99. The van der Waals surface area contributed by atoms with Crippen LogP contribution in [0.25, 0.3) is 0 Å². The van der Waals surface area contributed by atoms with Crippen LogP contribution in [0.5, 0.6) is 0 Å². The highest BCUT2D eigenvalue weighted by Crippen LogP contribution is 2.29. The zero-order valence-electron chi connectivity index (χ0n) is 8.97. The van der Waals surface area contributed by atoms with E-state index in [4.69, 9.17) is 5.11 Å². The highest BCUT2D eigenvalue weighted by molar-refractivity contribution is 5.77. The molecule has 2 rings (SSSR count). The Kier molecular flexibility index (Phi) is 3.10. The maximum absolute atomic E-state index is 10.8. The Morgan fingerprint density at radius 3 is 2.50 bits per heavy atom. The molecule has 0 bridgehead atoms. The Balaban J connectivity index is 2.33. The third-order valence-electron chi connectivity index (χ3n) is 2.91. The van der Waals surface area contributed by atoms with Crippen molar-refractivity contribution < 1.29 is 15.0 Å². The van der Waals surface area contributed by atoms with Crippen molar-refractivity contribution in [3.63, 3.8) is 0 Å². The lowest BCUT2D eigenvalue weighted by Crippen LogP contribution is -2.22. The largest absolute Gasteiger partial charge is 0.479 e. The van der Waals surface area contributed by atoms with Crippen LogP contribution in [0.1, 0.15) is 24.5 Å². The molecule has 0 radical (unpaired) electrons. The molecule has 1 atom stereocenters. The molecular formula is C12H15NO3. The Morgan fingerprint density at radius 1 is 1.25 bits per heavy atom. The molecule has 4 nitrogen and oxygen atoms in total. The summed E-state index contributed by atoms with van der Waals surface area (Å²) in [6, 6.07) is 7.16. The van der Waals surface area contributed by atoms with E-state index < -0.39 is 12.1 Å². The first-order valence-corrected chi connectivity index (χ1v) is 5.45. The molecule has 1 fully saturated rings. The van der Waals surface area contributed by atoms with Gasteiger partial charge in [-0.25, -0.2) is 4.79 Å². The zero-order chi connectivity index (χ0) is 11.5. The number of hydrogen-bond acceptors (Lipinski definition) is 3. The first kappa shape index (κ1) is 11.0. The van der Waals surface area contributed by atoms with E-state index in [0.29, 0.717) is 5.56 Å². The molecular weight excluding hydrogens is 206 g/mol. The molecule has 4 heteroatoms. The van der Waals surface area contributed by atoms with Gasteiger partial charge in [-0.3, -0.25) is 0 Å². The minimum atomic E-state index is -1.43. The van der Waals surface area contributed by atoms with E-state index in [9.17, 15) is 9.90 Å². The topological polar surface area (TPSA) is 60.8 Å².